The van der Waals surface area contributed by atoms with Crippen LogP contribution in [0.15, 0.2) is 53.7 Å². The molecule has 0 radical (unpaired) electrons. The summed E-state index contributed by atoms with van der Waals surface area (Å²) in [6.45, 7) is 4.88. The first-order valence-electron chi connectivity index (χ1n) is 7.85. The van der Waals surface area contributed by atoms with Gasteiger partial charge in [0.1, 0.15) is 0 Å². The van der Waals surface area contributed by atoms with Crippen LogP contribution in [-0.4, -0.2) is 37.7 Å². The SMILES string of the molecule is CCNC(=NCc1cccc(-c2ccccn2)c1)NCCOC.I. The summed E-state index contributed by atoms with van der Waals surface area (Å²) in [7, 11) is 1.69. The number of guanidine groups is 1. The van der Waals surface area contributed by atoms with Crippen LogP contribution in [0.4, 0.5) is 0 Å². The molecule has 0 unspecified atom stereocenters. The molecular formula is C18H25IN4O. The minimum atomic E-state index is 0. The summed E-state index contributed by atoms with van der Waals surface area (Å²) in [5.41, 5.74) is 3.23. The van der Waals surface area contributed by atoms with E-state index in [1.807, 2.05) is 30.5 Å². The van der Waals surface area contributed by atoms with Crippen molar-refractivity contribution in [3.8, 4) is 11.3 Å². The molecule has 6 heteroatoms. The number of pyridine rings is 1. The maximum Gasteiger partial charge on any atom is 0.191 e. The summed E-state index contributed by atoms with van der Waals surface area (Å²) >= 11 is 0. The van der Waals surface area contributed by atoms with Gasteiger partial charge in [-0.05, 0) is 30.7 Å². The lowest BCUT2D eigenvalue weighted by atomic mass is 10.1. The van der Waals surface area contributed by atoms with Gasteiger partial charge in [-0.2, -0.15) is 0 Å². The molecule has 24 heavy (non-hydrogen) atoms. The number of rotatable bonds is 7. The molecule has 0 atom stereocenters. The van der Waals surface area contributed by atoms with Gasteiger partial charge in [0, 0.05) is 32.0 Å². The molecule has 0 saturated heterocycles. The van der Waals surface area contributed by atoms with Crippen LogP contribution in [0.3, 0.4) is 0 Å². The van der Waals surface area contributed by atoms with Crippen molar-refractivity contribution in [2.45, 2.75) is 13.5 Å². The Morgan fingerprint density at radius 1 is 1.17 bits per heavy atom. The zero-order valence-electron chi connectivity index (χ0n) is 14.2. The van der Waals surface area contributed by atoms with Crippen molar-refractivity contribution < 1.29 is 4.74 Å². The monoisotopic (exact) mass is 440 g/mol. The van der Waals surface area contributed by atoms with Crippen molar-refractivity contribution >= 4 is 29.9 Å². The Labute approximate surface area is 161 Å². The van der Waals surface area contributed by atoms with Gasteiger partial charge in [0.05, 0.1) is 18.8 Å². The van der Waals surface area contributed by atoms with E-state index in [1.54, 1.807) is 7.11 Å². The second-order valence-electron chi connectivity index (χ2n) is 5.03. The summed E-state index contributed by atoms with van der Waals surface area (Å²) in [6, 6.07) is 14.2. The van der Waals surface area contributed by atoms with Crippen LogP contribution in [0.2, 0.25) is 0 Å². The molecular weight excluding hydrogens is 415 g/mol. The summed E-state index contributed by atoms with van der Waals surface area (Å²) in [4.78, 5) is 9.00. The first-order chi connectivity index (χ1) is 11.3. The number of hydrogen-bond acceptors (Lipinski definition) is 3. The lowest BCUT2D eigenvalue weighted by molar-refractivity contribution is 0.203. The standard InChI is InChI=1S/C18H24N4O.HI/c1-3-19-18(21-11-12-23-2)22-14-15-7-6-8-16(13-15)17-9-4-5-10-20-17;/h4-10,13H,3,11-12,14H2,1-2H3,(H2,19,21,22);1H. The first-order valence-corrected chi connectivity index (χ1v) is 7.85. The fourth-order valence-electron chi connectivity index (χ4n) is 2.15. The van der Waals surface area contributed by atoms with E-state index in [9.17, 15) is 0 Å². The second-order valence-corrected chi connectivity index (χ2v) is 5.03. The largest absolute Gasteiger partial charge is 0.383 e. The molecule has 0 aliphatic rings. The maximum absolute atomic E-state index is 5.05. The number of aliphatic imine (C=N–C) groups is 1. The van der Waals surface area contributed by atoms with E-state index in [2.05, 4.69) is 45.7 Å². The van der Waals surface area contributed by atoms with Crippen LogP contribution >= 0.6 is 24.0 Å². The van der Waals surface area contributed by atoms with E-state index >= 15 is 0 Å². The number of nitrogens with one attached hydrogen (secondary N) is 2. The van der Waals surface area contributed by atoms with Gasteiger partial charge in [-0.15, -0.1) is 24.0 Å². The fraction of sp³-hybridized carbons (Fsp3) is 0.333. The van der Waals surface area contributed by atoms with Gasteiger partial charge >= 0.3 is 0 Å². The number of methoxy groups -OCH3 is 1. The molecule has 2 N–H and O–H groups in total. The van der Waals surface area contributed by atoms with E-state index in [1.165, 1.54) is 0 Å². The van der Waals surface area contributed by atoms with E-state index in [4.69, 9.17) is 4.74 Å². The van der Waals surface area contributed by atoms with Gasteiger partial charge in [-0.1, -0.05) is 24.3 Å². The van der Waals surface area contributed by atoms with Crippen LogP contribution < -0.4 is 10.6 Å². The molecule has 1 heterocycles. The van der Waals surface area contributed by atoms with Gasteiger partial charge in [0.2, 0.25) is 0 Å². The van der Waals surface area contributed by atoms with Crippen molar-refractivity contribution in [3.63, 3.8) is 0 Å². The van der Waals surface area contributed by atoms with Crippen LogP contribution in [-0.2, 0) is 11.3 Å². The normalized spacial score (nSPS) is 10.8. The highest BCUT2D eigenvalue weighted by atomic mass is 127. The Kier molecular flexibility index (Phi) is 10.0. The number of benzene rings is 1. The molecule has 0 aliphatic carbocycles. The molecule has 1 aromatic heterocycles. The Morgan fingerprint density at radius 2 is 2.04 bits per heavy atom. The predicted octanol–water partition coefficient (Wildman–Crippen LogP) is 3.07. The summed E-state index contributed by atoms with van der Waals surface area (Å²) in [5, 5.41) is 6.47. The highest BCUT2D eigenvalue weighted by molar-refractivity contribution is 14.0. The molecule has 0 saturated carbocycles. The molecule has 1 aromatic carbocycles. The Bertz CT molecular complexity index is 619. The van der Waals surface area contributed by atoms with Gasteiger partial charge in [0.15, 0.2) is 5.96 Å². The van der Waals surface area contributed by atoms with Crippen LogP contribution in [0, 0.1) is 0 Å². The molecule has 130 valence electrons. The molecule has 0 fully saturated rings. The number of ether oxygens (including phenoxy) is 1. The zero-order chi connectivity index (χ0) is 16.3. The molecule has 0 spiro atoms. The van der Waals surface area contributed by atoms with Crippen LogP contribution in [0.5, 0.6) is 0 Å². The Morgan fingerprint density at radius 3 is 2.75 bits per heavy atom. The number of hydrogen-bond donors (Lipinski definition) is 2. The minimum absolute atomic E-state index is 0. The van der Waals surface area contributed by atoms with Crippen molar-refractivity contribution in [1.82, 2.24) is 15.6 Å². The fourth-order valence-corrected chi connectivity index (χ4v) is 2.15. The van der Waals surface area contributed by atoms with E-state index < -0.39 is 0 Å². The molecule has 2 aromatic rings. The van der Waals surface area contributed by atoms with Gasteiger partial charge < -0.3 is 15.4 Å². The number of halogens is 1. The minimum Gasteiger partial charge on any atom is -0.383 e. The van der Waals surface area contributed by atoms with Crippen LogP contribution in [0.25, 0.3) is 11.3 Å². The number of nitrogens with zero attached hydrogens (tertiary/aromatic N) is 2. The lowest BCUT2D eigenvalue weighted by Gasteiger charge is -2.11. The van der Waals surface area contributed by atoms with Crippen molar-refractivity contribution in [2.24, 2.45) is 4.99 Å². The quantitative estimate of drug-likeness (QED) is 0.301. The summed E-state index contributed by atoms with van der Waals surface area (Å²) in [5.74, 6) is 0.799. The highest BCUT2D eigenvalue weighted by Gasteiger charge is 2.01. The van der Waals surface area contributed by atoms with E-state index in [-0.39, 0.29) is 24.0 Å². The van der Waals surface area contributed by atoms with E-state index in [0.29, 0.717) is 13.2 Å². The molecule has 5 nitrogen and oxygen atoms in total. The molecule has 0 bridgehead atoms. The van der Waals surface area contributed by atoms with Crippen molar-refractivity contribution in [3.05, 3.63) is 54.2 Å². The molecule has 0 amide bonds. The third-order valence-electron chi connectivity index (χ3n) is 3.25. The van der Waals surface area contributed by atoms with Crippen LogP contribution in [0.1, 0.15) is 12.5 Å². The zero-order valence-corrected chi connectivity index (χ0v) is 16.5. The highest BCUT2D eigenvalue weighted by Crippen LogP contribution is 2.18. The average Bonchev–Trinajstić information content (AvgIpc) is 2.61. The van der Waals surface area contributed by atoms with Gasteiger partial charge in [0.25, 0.3) is 0 Å². The third kappa shape index (κ3) is 6.84. The Balaban J connectivity index is 0.00000288. The van der Waals surface area contributed by atoms with Crippen molar-refractivity contribution in [1.29, 1.82) is 0 Å². The second kappa shape index (κ2) is 11.8. The number of aromatic nitrogens is 1. The first kappa shape index (κ1) is 20.4. The van der Waals surface area contributed by atoms with E-state index in [0.717, 1.165) is 35.9 Å². The maximum atomic E-state index is 5.05. The summed E-state index contributed by atoms with van der Waals surface area (Å²) < 4.78 is 5.05. The van der Waals surface area contributed by atoms with Crippen molar-refractivity contribution in [2.75, 3.05) is 26.8 Å². The molecule has 0 aliphatic heterocycles. The van der Waals surface area contributed by atoms with Gasteiger partial charge in [-0.25, -0.2) is 4.99 Å². The summed E-state index contributed by atoms with van der Waals surface area (Å²) in [6.07, 6.45) is 1.81. The topological polar surface area (TPSA) is 58.5 Å². The predicted molar refractivity (Wildman–Crippen MR) is 110 cm³/mol. The third-order valence-corrected chi connectivity index (χ3v) is 3.25. The molecule has 2 rings (SSSR count). The average molecular weight is 440 g/mol. The lowest BCUT2D eigenvalue weighted by Crippen LogP contribution is -2.38. The Hall–Kier alpha value is -1.67. The smallest absolute Gasteiger partial charge is 0.191 e. The van der Waals surface area contributed by atoms with Gasteiger partial charge in [-0.3, -0.25) is 4.98 Å².